The van der Waals surface area contributed by atoms with Gasteiger partial charge in [0.05, 0.1) is 11.7 Å². The third-order valence-corrected chi connectivity index (χ3v) is 7.76. The van der Waals surface area contributed by atoms with E-state index in [2.05, 4.69) is 11.8 Å². The molecule has 6 atom stereocenters. The summed E-state index contributed by atoms with van der Waals surface area (Å²) in [7, 11) is 1.86. The fourth-order valence-corrected chi connectivity index (χ4v) is 5.98. The lowest BCUT2D eigenvalue weighted by molar-refractivity contribution is -0.271. The number of aliphatic carboxylic acids is 1. The van der Waals surface area contributed by atoms with Crippen molar-refractivity contribution in [1.29, 1.82) is 0 Å². The lowest BCUT2D eigenvalue weighted by Gasteiger charge is -2.38. The topological polar surface area (TPSA) is 150 Å². The summed E-state index contributed by atoms with van der Waals surface area (Å²) in [5.74, 6) is -1.20. The minimum absolute atomic E-state index is 0.235. The number of carboxylic acids is 1. The Morgan fingerprint density at radius 1 is 1.08 bits per heavy atom. The molecule has 5 rings (SSSR count). The Labute approximate surface area is 209 Å². The van der Waals surface area contributed by atoms with Gasteiger partial charge in [0.2, 0.25) is 12.2 Å². The molecule has 4 N–H and O–H groups in total. The Morgan fingerprint density at radius 2 is 1.83 bits per heavy atom. The smallest absolute Gasteiger partial charge is 0.335 e. The molecular weight excluding hydrogens is 468 g/mol. The maximum atomic E-state index is 11.5. The second-order valence-corrected chi connectivity index (χ2v) is 10.2. The van der Waals surface area contributed by atoms with Gasteiger partial charge in [-0.05, 0) is 63.6 Å². The van der Waals surface area contributed by atoms with Gasteiger partial charge < -0.3 is 29.9 Å². The third-order valence-electron chi connectivity index (χ3n) is 7.76. The second-order valence-electron chi connectivity index (χ2n) is 10.2. The first-order chi connectivity index (χ1) is 17.3. The van der Waals surface area contributed by atoms with Crippen LogP contribution in [0.25, 0.3) is 11.0 Å². The highest BCUT2D eigenvalue weighted by Gasteiger charge is 2.48. The van der Waals surface area contributed by atoms with E-state index in [9.17, 15) is 25.2 Å². The molecule has 4 heterocycles. The third kappa shape index (κ3) is 4.37. The average Bonchev–Trinajstić information content (AvgIpc) is 3.20. The van der Waals surface area contributed by atoms with E-state index in [1.165, 1.54) is 6.42 Å². The Hall–Kier alpha value is -2.31. The number of pyridine rings is 1. The van der Waals surface area contributed by atoms with Crippen molar-refractivity contribution in [1.82, 2.24) is 19.7 Å². The number of fused-ring (bicyclic) bond motifs is 3. The van der Waals surface area contributed by atoms with Gasteiger partial charge in [-0.2, -0.15) is 10.1 Å². The molecule has 0 amide bonds. The molecule has 2 fully saturated rings. The molecule has 0 radical (unpaired) electrons. The van der Waals surface area contributed by atoms with Gasteiger partial charge >= 0.3 is 5.97 Å². The van der Waals surface area contributed by atoms with Gasteiger partial charge in [0.25, 0.3) is 0 Å². The zero-order valence-corrected chi connectivity index (χ0v) is 20.8. The van der Waals surface area contributed by atoms with E-state index in [0.29, 0.717) is 5.65 Å². The number of aryl methyl sites for hydroxylation is 2. The van der Waals surface area contributed by atoms with Crippen LogP contribution < -0.4 is 4.74 Å². The first-order valence-corrected chi connectivity index (χ1v) is 13.0. The quantitative estimate of drug-likeness (QED) is 0.449. The fraction of sp³-hybridized carbons (Fsp3) is 0.720. The van der Waals surface area contributed by atoms with E-state index < -0.39 is 36.7 Å². The highest BCUT2D eigenvalue weighted by Crippen LogP contribution is 2.41. The molecule has 36 heavy (non-hydrogen) atoms. The molecule has 1 unspecified atom stereocenters. The first kappa shape index (κ1) is 25.3. The van der Waals surface area contributed by atoms with E-state index >= 15 is 0 Å². The van der Waals surface area contributed by atoms with Crippen LogP contribution in [0.4, 0.5) is 0 Å². The predicted octanol–water partition coefficient (Wildman–Crippen LogP) is 1.06. The molecule has 1 aliphatic carbocycles. The van der Waals surface area contributed by atoms with Gasteiger partial charge in [0, 0.05) is 18.0 Å². The van der Waals surface area contributed by atoms with Crippen LogP contribution in [0.3, 0.4) is 0 Å². The van der Waals surface area contributed by atoms with E-state index in [4.69, 9.17) is 19.6 Å². The highest BCUT2D eigenvalue weighted by molar-refractivity contribution is 5.85. The molecule has 198 valence electrons. The SMILES string of the molecule is CCCN1CCCCC1c1nn(C)c2nc(O[C@@H]3O[C@H](C(=O)O)[C@H](O)[C@H](O)[C@H]3O)c3c(c12)CCCC3. The predicted molar refractivity (Wildman–Crippen MR) is 129 cm³/mol. The normalized spacial score (nSPS) is 31.4. The summed E-state index contributed by atoms with van der Waals surface area (Å²) in [6.45, 7) is 4.28. The maximum absolute atomic E-state index is 11.5. The molecule has 2 aliphatic heterocycles. The van der Waals surface area contributed by atoms with Gasteiger partial charge in [-0.25, -0.2) is 9.48 Å². The van der Waals surface area contributed by atoms with Crippen LogP contribution in [0.1, 0.15) is 68.3 Å². The van der Waals surface area contributed by atoms with Crippen LogP contribution in [0.2, 0.25) is 0 Å². The van der Waals surface area contributed by atoms with Crippen molar-refractivity contribution < 1.29 is 34.7 Å². The van der Waals surface area contributed by atoms with Crippen molar-refractivity contribution in [3.8, 4) is 5.88 Å². The molecule has 0 saturated carbocycles. The van der Waals surface area contributed by atoms with Gasteiger partial charge in [-0.3, -0.25) is 4.90 Å². The van der Waals surface area contributed by atoms with Crippen LogP contribution >= 0.6 is 0 Å². The van der Waals surface area contributed by atoms with Crippen molar-refractivity contribution in [2.75, 3.05) is 13.1 Å². The van der Waals surface area contributed by atoms with E-state index in [1.807, 2.05) is 7.05 Å². The first-order valence-electron chi connectivity index (χ1n) is 13.0. The summed E-state index contributed by atoms with van der Waals surface area (Å²) in [6, 6.07) is 0.235. The second kappa shape index (κ2) is 10.2. The van der Waals surface area contributed by atoms with E-state index in [0.717, 1.165) is 80.2 Å². The van der Waals surface area contributed by atoms with Crippen molar-refractivity contribution in [3.63, 3.8) is 0 Å². The standard InChI is InChI=1S/C25H36N4O7/c1-3-11-29-12-7-6-10-15(29)17-16-13-8-4-5-9-14(13)23(26-22(16)28(2)27-17)36-25-20(32)18(30)19(31)21(35-25)24(33)34/h15,18-21,25,30-32H,3-12H2,1-2H3,(H,33,34)/t15?,18-,19+,20+,21-,25-/m0/s1. The van der Waals surface area contributed by atoms with Crippen molar-refractivity contribution >= 4 is 17.0 Å². The number of carbonyl (C=O) groups is 1. The average molecular weight is 505 g/mol. The Bertz CT molecular complexity index is 1120. The Balaban J connectivity index is 1.56. The number of aliphatic hydroxyl groups is 3. The van der Waals surface area contributed by atoms with Crippen molar-refractivity contribution in [2.24, 2.45) is 7.05 Å². The lowest BCUT2D eigenvalue weighted by atomic mass is 9.88. The number of hydrogen-bond donors (Lipinski definition) is 4. The number of ether oxygens (including phenoxy) is 2. The van der Waals surface area contributed by atoms with E-state index in [1.54, 1.807) is 4.68 Å². The molecule has 2 aromatic heterocycles. The number of aliphatic hydroxyl groups excluding tert-OH is 3. The Kier molecular flexibility index (Phi) is 7.19. The van der Waals surface area contributed by atoms with Gasteiger partial charge in [-0.15, -0.1) is 0 Å². The van der Waals surface area contributed by atoms with Crippen LogP contribution in [-0.2, 0) is 29.4 Å². The van der Waals surface area contributed by atoms with Crippen LogP contribution in [0.15, 0.2) is 0 Å². The maximum Gasteiger partial charge on any atom is 0.335 e. The number of hydrogen-bond acceptors (Lipinski definition) is 9. The lowest BCUT2D eigenvalue weighted by Crippen LogP contribution is -2.61. The summed E-state index contributed by atoms with van der Waals surface area (Å²) >= 11 is 0. The molecule has 11 nitrogen and oxygen atoms in total. The fourth-order valence-electron chi connectivity index (χ4n) is 5.98. The monoisotopic (exact) mass is 504 g/mol. The summed E-state index contributed by atoms with van der Waals surface area (Å²) in [4.78, 5) is 18.8. The molecule has 0 spiro atoms. The van der Waals surface area contributed by atoms with Gasteiger partial charge in [0.1, 0.15) is 18.3 Å². The summed E-state index contributed by atoms with van der Waals surface area (Å²) < 4.78 is 13.1. The largest absolute Gasteiger partial charge is 0.479 e. The zero-order valence-electron chi connectivity index (χ0n) is 20.8. The van der Waals surface area contributed by atoms with Crippen LogP contribution in [0.5, 0.6) is 5.88 Å². The number of likely N-dealkylation sites (tertiary alicyclic amines) is 1. The molecule has 0 aromatic carbocycles. The summed E-state index contributed by atoms with van der Waals surface area (Å²) in [6.07, 6.45) is -0.340. The summed E-state index contributed by atoms with van der Waals surface area (Å²) in [5.41, 5.74) is 3.76. The van der Waals surface area contributed by atoms with Crippen LogP contribution in [-0.4, -0.2) is 89.9 Å². The molecule has 2 aromatic rings. The Morgan fingerprint density at radius 3 is 2.56 bits per heavy atom. The molecule has 0 bridgehead atoms. The van der Waals surface area contributed by atoms with Gasteiger partial charge in [-0.1, -0.05) is 13.3 Å². The molecule has 3 aliphatic rings. The number of aromatic nitrogens is 3. The number of piperidine rings is 1. The number of rotatable bonds is 6. The highest BCUT2D eigenvalue weighted by atomic mass is 16.7. The molecule has 2 saturated heterocycles. The molecular formula is C25H36N4O7. The van der Waals surface area contributed by atoms with Crippen molar-refractivity contribution in [2.45, 2.75) is 95.0 Å². The van der Waals surface area contributed by atoms with E-state index in [-0.39, 0.29) is 11.9 Å². The van der Waals surface area contributed by atoms with Gasteiger partial charge in [0.15, 0.2) is 11.8 Å². The zero-order chi connectivity index (χ0) is 25.6. The molecule has 11 heteroatoms. The van der Waals surface area contributed by atoms with Crippen molar-refractivity contribution in [3.05, 3.63) is 16.8 Å². The number of nitrogens with zero attached hydrogens (tertiary/aromatic N) is 4. The van der Waals surface area contributed by atoms with Crippen LogP contribution in [0, 0.1) is 0 Å². The summed E-state index contributed by atoms with van der Waals surface area (Å²) in [5, 5.41) is 46.1. The number of carboxylic acid groups (broad SMARTS) is 1. The minimum atomic E-state index is -1.78. The minimum Gasteiger partial charge on any atom is -0.479 e.